The van der Waals surface area contributed by atoms with Crippen LogP contribution in [-0.4, -0.2) is 19.3 Å². The van der Waals surface area contributed by atoms with Crippen LogP contribution in [0.1, 0.15) is 19.3 Å². The average Bonchev–Trinajstić information content (AvgIpc) is 2.63. The minimum absolute atomic E-state index is 0.558. The number of ether oxygens (including phenoxy) is 1. The van der Waals surface area contributed by atoms with Gasteiger partial charge in [-0.1, -0.05) is 0 Å². The lowest BCUT2D eigenvalue weighted by atomic mass is 10.2. The summed E-state index contributed by atoms with van der Waals surface area (Å²) in [4.78, 5) is 4.40. The molecule has 2 N–H and O–H groups in total. The normalized spacial score (nSPS) is 24.3. The van der Waals surface area contributed by atoms with E-state index in [0.29, 0.717) is 12.7 Å². The molecule has 0 aromatic rings. The van der Waals surface area contributed by atoms with E-state index in [2.05, 4.69) is 4.84 Å². The van der Waals surface area contributed by atoms with E-state index >= 15 is 0 Å². The fourth-order valence-electron chi connectivity index (χ4n) is 0.792. The fraction of sp³-hybridized carbons (Fsp3) is 1.00. The second kappa shape index (κ2) is 3.82. The highest BCUT2D eigenvalue weighted by atomic mass is 16.6. The smallest absolute Gasteiger partial charge is 0.0810 e. The van der Waals surface area contributed by atoms with E-state index in [4.69, 9.17) is 10.6 Å². The third kappa shape index (κ3) is 3.46. The van der Waals surface area contributed by atoms with Crippen LogP contribution in [0.15, 0.2) is 0 Å². The summed E-state index contributed by atoms with van der Waals surface area (Å²) in [5.41, 5.74) is 0. The lowest BCUT2D eigenvalue weighted by molar-refractivity contribution is 0.133. The third-order valence-corrected chi connectivity index (χ3v) is 1.44. The van der Waals surface area contributed by atoms with Crippen LogP contribution < -0.4 is 5.90 Å². The Kier molecular flexibility index (Phi) is 2.97. The second-order valence-electron chi connectivity index (χ2n) is 2.32. The molecule has 0 saturated carbocycles. The maximum atomic E-state index is 5.02. The Balaban J connectivity index is 1.71. The van der Waals surface area contributed by atoms with Crippen molar-refractivity contribution in [3.63, 3.8) is 0 Å². The van der Waals surface area contributed by atoms with E-state index in [1.807, 2.05) is 0 Å². The first-order valence-electron chi connectivity index (χ1n) is 3.37. The largest absolute Gasteiger partial charge is 0.373 e. The Hall–Kier alpha value is -0.120. The first kappa shape index (κ1) is 6.99. The van der Waals surface area contributed by atoms with Crippen LogP contribution >= 0.6 is 0 Å². The van der Waals surface area contributed by atoms with Crippen molar-refractivity contribution < 1.29 is 9.57 Å². The predicted octanol–water partition coefficient (Wildman–Crippen LogP) is 0.446. The highest BCUT2D eigenvalue weighted by molar-refractivity contribution is 4.67. The number of nitrogens with two attached hydrogens (primary N) is 1. The number of epoxide rings is 1. The molecule has 0 amide bonds. The Morgan fingerprint density at radius 3 is 2.89 bits per heavy atom. The number of unbranched alkanes of at least 4 members (excludes halogenated alkanes) is 1. The van der Waals surface area contributed by atoms with Crippen molar-refractivity contribution in [2.45, 2.75) is 25.4 Å². The maximum Gasteiger partial charge on any atom is 0.0810 e. The summed E-state index contributed by atoms with van der Waals surface area (Å²) in [5.74, 6) is 4.83. The standard InChI is InChI=1S/C6H13NO2/c7-9-4-2-1-3-6-5-8-6/h6H,1-5,7H2/t6-/m0/s1. The summed E-state index contributed by atoms with van der Waals surface area (Å²) in [6.07, 6.45) is 3.95. The first-order chi connectivity index (χ1) is 4.43. The Bertz CT molecular complexity index is 73.5. The van der Waals surface area contributed by atoms with Gasteiger partial charge in [0.05, 0.1) is 19.3 Å². The number of rotatable bonds is 5. The summed E-state index contributed by atoms with van der Waals surface area (Å²) in [6.45, 7) is 1.64. The number of hydrogen-bond acceptors (Lipinski definition) is 3. The molecule has 1 saturated heterocycles. The van der Waals surface area contributed by atoms with Gasteiger partial charge in [0.1, 0.15) is 0 Å². The summed E-state index contributed by atoms with van der Waals surface area (Å²) in [7, 11) is 0. The van der Waals surface area contributed by atoms with Crippen LogP contribution in [0.25, 0.3) is 0 Å². The molecule has 1 atom stereocenters. The molecule has 0 aromatic carbocycles. The topological polar surface area (TPSA) is 47.8 Å². The van der Waals surface area contributed by atoms with Gasteiger partial charge >= 0.3 is 0 Å². The molecule has 54 valence electrons. The van der Waals surface area contributed by atoms with Gasteiger partial charge in [-0.2, -0.15) is 0 Å². The van der Waals surface area contributed by atoms with Gasteiger partial charge in [-0.25, -0.2) is 5.90 Å². The van der Waals surface area contributed by atoms with Crippen molar-refractivity contribution in [3.8, 4) is 0 Å². The molecule has 1 aliphatic heterocycles. The van der Waals surface area contributed by atoms with Crippen LogP contribution in [-0.2, 0) is 9.57 Å². The molecule has 1 aliphatic rings. The molecule has 0 bridgehead atoms. The van der Waals surface area contributed by atoms with Gasteiger partial charge in [0, 0.05) is 0 Å². The minimum atomic E-state index is 0.558. The van der Waals surface area contributed by atoms with Gasteiger partial charge in [0.2, 0.25) is 0 Å². The van der Waals surface area contributed by atoms with Crippen molar-refractivity contribution in [2.75, 3.05) is 13.2 Å². The zero-order valence-corrected chi connectivity index (χ0v) is 5.51. The molecule has 1 fully saturated rings. The zero-order chi connectivity index (χ0) is 6.53. The van der Waals surface area contributed by atoms with Gasteiger partial charge in [0.25, 0.3) is 0 Å². The van der Waals surface area contributed by atoms with Gasteiger partial charge in [0.15, 0.2) is 0 Å². The highest BCUT2D eigenvalue weighted by Gasteiger charge is 2.20. The summed E-state index contributed by atoms with van der Waals surface area (Å²) < 4.78 is 5.02. The minimum Gasteiger partial charge on any atom is -0.373 e. The van der Waals surface area contributed by atoms with Gasteiger partial charge in [-0.15, -0.1) is 0 Å². The zero-order valence-electron chi connectivity index (χ0n) is 5.51. The van der Waals surface area contributed by atoms with E-state index in [1.165, 1.54) is 12.8 Å². The molecule has 0 aromatic heterocycles. The maximum absolute atomic E-state index is 5.02. The summed E-state index contributed by atoms with van der Waals surface area (Å²) >= 11 is 0. The van der Waals surface area contributed by atoms with E-state index in [0.717, 1.165) is 13.0 Å². The van der Waals surface area contributed by atoms with Crippen molar-refractivity contribution in [3.05, 3.63) is 0 Å². The Labute approximate surface area is 55.1 Å². The number of hydrogen-bond donors (Lipinski definition) is 1. The molecule has 3 heteroatoms. The van der Waals surface area contributed by atoms with Gasteiger partial charge < -0.3 is 9.57 Å². The van der Waals surface area contributed by atoms with Crippen LogP contribution in [0.2, 0.25) is 0 Å². The summed E-state index contributed by atoms with van der Waals surface area (Å²) in [6, 6.07) is 0. The van der Waals surface area contributed by atoms with E-state index in [9.17, 15) is 0 Å². The molecule has 1 rings (SSSR count). The van der Waals surface area contributed by atoms with Crippen LogP contribution in [0.5, 0.6) is 0 Å². The van der Waals surface area contributed by atoms with Crippen molar-refractivity contribution in [1.82, 2.24) is 0 Å². The van der Waals surface area contributed by atoms with Crippen LogP contribution in [0, 0.1) is 0 Å². The third-order valence-electron chi connectivity index (χ3n) is 1.44. The molecule has 3 nitrogen and oxygen atoms in total. The molecule has 0 radical (unpaired) electrons. The highest BCUT2D eigenvalue weighted by Crippen LogP contribution is 2.15. The van der Waals surface area contributed by atoms with Crippen molar-refractivity contribution in [2.24, 2.45) is 5.90 Å². The molecular weight excluding hydrogens is 118 g/mol. The summed E-state index contributed by atoms with van der Waals surface area (Å²) in [5, 5.41) is 0. The predicted molar refractivity (Wildman–Crippen MR) is 33.7 cm³/mol. The first-order valence-corrected chi connectivity index (χ1v) is 3.37. The lowest BCUT2D eigenvalue weighted by Crippen LogP contribution is -2.00. The van der Waals surface area contributed by atoms with Crippen molar-refractivity contribution >= 4 is 0 Å². The molecular formula is C6H13NO2. The molecule has 0 aliphatic carbocycles. The Morgan fingerprint density at radius 1 is 1.56 bits per heavy atom. The average molecular weight is 131 g/mol. The Morgan fingerprint density at radius 2 is 2.33 bits per heavy atom. The SMILES string of the molecule is NOCCCC[C@H]1CO1. The van der Waals surface area contributed by atoms with Crippen molar-refractivity contribution in [1.29, 1.82) is 0 Å². The van der Waals surface area contributed by atoms with Gasteiger partial charge in [-0.05, 0) is 19.3 Å². The van der Waals surface area contributed by atoms with E-state index in [-0.39, 0.29) is 0 Å². The quantitative estimate of drug-likeness (QED) is 0.334. The van der Waals surface area contributed by atoms with E-state index in [1.54, 1.807) is 0 Å². The molecule has 1 heterocycles. The monoisotopic (exact) mass is 131 g/mol. The lowest BCUT2D eigenvalue weighted by Gasteiger charge is -1.94. The molecule has 9 heavy (non-hydrogen) atoms. The molecule has 0 spiro atoms. The second-order valence-corrected chi connectivity index (χ2v) is 2.32. The van der Waals surface area contributed by atoms with Crippen LogP contribution in [0.3, 0.4) is 0 Å². The van der Waals surface area contributed by atoms with E-state index < -0.39 is 0 Å². The fourth-order valence-corrected chi connectivity index (χ4v) is 0.792. The van der Waals surface area contributed by atoms with Crippen LogP contribution in [0.4, 0.5) is 0 Å². The molecule has 0 unspecified atom stereocenters. The van der Waals surface area contributed by atoms with Gasteiger partial charge in [-0.3, -0.25) is 0 Å².